The van der Waals surface area contributed by atoms with Crippen LogP contribution >= 0.6 is 0 Å². The highest BCUT2D eigenvalue weighted by atomic mass is 32.2. The summed E-state index contributed by atoms with van der Waals surface area (Å²) in [5.74, 6) is -0.268. The molecule has 7 nitrogen and oxygen atoms in total. The lowest BCUT2D eigenvalue weighted by molar-refractivity contribution is 0.175. The molecular weight excluding hydrogens is 318 g/mol. The van der Waals surface area contributed by atoms with E-state index >= 15 is 0 Å². The summed E-state index contributed by atoms with van der Waals surface area (Å²) in [5, 5.41) is 0. The summed E-state index contributed by atoms with van der Waals surface area (Å²) in [7, 11) is -3.45. The minimum atomic E-state index is -3.45. The maximum absolute atomic E-state index is 12.3. The third-order valence-electron chi connectivity index (χ3n) is 2.82. The molecule has 0 saturated carbocycles. The van der Waals surface area contributed by atoms with E-state index in [1.807, 2.05) is 0 Å². The van der Waals surface area contributed by atoms with Crippen molar-refractivity contribution in [1.82, 2.24) is 4.31 Å². The molecule has 0 bridgehead atoms. The first-order chi connectivity index (χ1) is 9.73. The molecule has 21 heavy (non-hydrogen) atoms. The predicted octanol–water partition coefficient (Wildman–Crippen LogP) is 0.126. The average Bonchev–Trinajstić information content (AvgIpc) is 2.35. The van der Waals surface area contributed by atoms with Gasteiger partial charge in [-0.15, -0.1) is 0 Å². The molecule has 0 aromatic heterocycles. The Bertz CT molecular complexity index is 450. The van der Waals surface area contributed by atoms with Crippen molar-refractivity contribution in [1.29, 1.82) is 0 Å². The van der Waals surface area contributed by atoms with Gasteiger partial charge in [0, 0.05) is 46.8 Å². The van der Waals surface area contributed by atoms with Gasteiger partial charge in [-0.05, 0) is 19.3 Å². The van der Waals surface area contributed by atoms with Crippen LogP contribution in [-0.2, 0) is 29.3 Å². The highest BCUT2D eigenvalue weighted by Gasteiger charge is 2.21. The van der Waals surface area contributed by atoms with E-state index in [1.165, 1.54) is 4.31 Å². The number of hydrogen-bond donors (Lipinski definition) is 0. The van der Waals surface area contributed by atoms with Gasteiger partial charge in [0.05, 0.1) is 11.5 Å². The molecule has 0 saturated heterocycles. The highest BCUT2D eigenvalue weighted by molar-refractivity contribution is 7.91. The fourth-order valence-electron chi connectivity index (χ4n) is 1.79. The highest BCUT2D eigenvalue weighted by Crippen LogP contribution is 2.07. The zero-order valence-corrected chi connectivity index (χ0v) is 14.7. The number of sulfonamides is 1. The van der Waals surface area contributed by atoms with Crippen molar-refractivity contribution < 1.29 is 26.3 Å². The molecule has 0 rings (SSSR count). The van der Waals surface area contributed by atoms with Crippen LogP contribution in [0.15, 0.2) is 0 Å². The van der Waals surface area contributed by atoms with Crippen molar-refractivity contribution >= 4 is 19.9 Å². The van der Waals surface area contributed by atoms with Crippen molar-refractivity contribution in [2.24, 2.45) is 0 Å². The maximum Gasteiger partial charge on any atom is 0.214 e. The molecule has 0 atom stereocenters. The quantitative estimate of drug-likeness (QED) is 0.441. The van der Waals surface area contributed by atoms with Gasteiger partial charge in [0.15, 0.2) is 0 Å². The van der Waals surface area contributed by atoms with Gasteiger partial charge in [-0.2, -0.15) is 0 Å². The second kappa shape index (κ2) is 10.5. The SMILES string of the molecule is COCCCN(CCCOC)S(=O)(=O)CCCS(C)(=O)=O. The van der Waals surface area contributed by atoms with Crippen molar-refractivity contribution in [2.45, 2.75) is 19.3 Å². The van der Waals surface area contributed by atoms with E-state index in [0.29, 0.717) is 39.1 Å². The number of sulfone groups is 1. The van der Waals surface area contributed by atoms with Crippen LogP contribution in [0.1, 0.15) is 19.3 Å². The van der Waals surface area contributed by atoms with Crippen molar-refractivity contribution in [3.8, 4) is 0 Å². The standard InChI is InChI=1S/C12H27NO6S2/c1-18-9-4-7-13(8-5-10-19-2)21(16,17)12-6-11-20(3,14)15/h4-12H2,1-3H3. The molecule has 0 aliphatic rings. The normalized spacial score (nSPS) is 13.0. The number of methoxy groups -OCH3 is 2. The Morgan fingerprint density at radius 1 is 0.810 bits per heavy atom. The van der Waals surface area contributed by atoms with Gasteiger partial charge in [-0.25, -0.2) is 21.1 Å². The molecular formula is C12H27NO6S2. The van der Waals surface area contributed by atoms with Crippen molar-refractivity contribution in [3.05, 3.63) is 0 Å². The first kappa shape index (κ1) is 20.8. The topological polar surface area (TPSA) is 90.0 Å². The zero-order valence-electron chi connectivity index (χ0n) is 13.1. The molecule has 0 aliphatic heterocycles. The van der Waals surface area contributed by atoms with Gasteiger partial charge < -0.3 is 9.47 Å². The minimum absolute atomic E-state index is 0.115. The van der Waals surface area contributed by atoms with Gasteiger partial charge in [-0.3, -0.25) is 0 Å². The van der Waals surface area contributed by atoms with Crippen molar-refractivity contribution in [2.75, 3.05) is 58.3 Å². The molecule has 0 heterocycles. The van der Waals surface area contributed by atoms with Gasteiger partial charge in [0.2, 0.25) is 10.0 Å². The fraction of sp³-hybridized carbons (Fsp3) is 1.00. The van der Waals surface area contributed by atoms with Crippen LogP contribution < -0.4 is 0 Å². The predicted molar refractivity (Wildman–Crippen MR) is 82.7 cm³/mol. The lowest BCUT2D eigenvalue weighted by Gasteiger charge is -2.22. The van der Waals surface area contributed by atoms with E-state index in [1.54, 1.807) is 14.2 Å². The Morgan fingerprint density at radius 3 is 1.67 bits per heavy atom. The Kier molecular flexibility index (Phi) is 10.4. The summed E-state index contributed by atoms with van der Waals surface area (Å²) in [4.78, 5) is 0. The van der Waals surface area contributed by atoms with E-state index in [9.17, 15) is 16.8 Å². The van der Waals surface area contributed by atoms with E-state index in [0.717, 1.165) is 6.26 Å². The molecule has 9 heteroatoms. The molecule has 0 fully saturated rings. The molecule has 0 spiro atoms. The summed E-state index contributed by atoms with van der Waals surface area (Å²) in [5.41, 5.74) is 0. The Hall–Kier alpha value is -0.220. The number of hydrogen-bond acceptors (Lipinski definition) is 6. The fourth-order valence-corrected chi connectivity index (χ4v) is 4.23. The number of ether oxygens (including phenoxy) is 2. The Morgan fingerprint density at radius 2 is 1.29 bits per heavy atom. The zero-order chi connectivity index (χ0) is 16.4. The lowest BCUT2D eigenvalue weighted by atomic mass is 10.4. The largest absolute Gasteiger partial charge is 0.385 e. The van der Waals surface area contributed by atoms with E-state index < -0.39 is 19.9 Å². The Labute approximate surface area is 128 Å². The third kappa shape index (κ3) is 11.1. The van der Waals surface area contributed by atoms with Crippen LogP contribution in [0.4, 0.5) is 0 Å². The third-order valence-corrected chi connectivity index (χ3v) is 5.81. The molecule has 0 radical (unpaired) electrons. The smallest absolute Gasteiger partial charge is 0.214 e. The summed E-state index contributed by atoms with van der Waals surface area (Å²) in [6.07, 6.45) is 2.43. The molecule has 0 amide bonds. The van der Waals surface area contributed by atoms with Gasteiger partial charge >= 0.3 is 0 Å². The minimum Gasteiger partial charge on any atom is -0.385 e. The van der Waals surface area contributed by atoms with Gasteiger partial charge in [0.1, 0.15) is 9.84 Å². The van der Waals surface area contributed by atoms with E-state index in [4.69, 9.17) is 9.47 Å². The summed E-state index contributed by atoms with van der Waals surface area (Å²) >= 11 is 0. The number of rotatable bonds is 13. The summed E-state index contributed by atoms with van der Waals surface area (Å²) in [6.45, 7) is 1.72. The second-order valence-electron chi connectivity index (χ2n) is 4.89. The second-order valence-corrected chi connectivity index (χ2v) is 9.24. The van der Waals surface area contributed by atoms with Gasteiger partial charge in [-0.1, -0.05) is 0 Å². The van der Waals surface area contributed by atoms with Crippen LogP contribution in [0, 0.1) is 0 Å². The van der Waals surface area contributed by atoms with Crippen LogP contribution in [0.25, 0.3) is 0 Å². The monoisotopic (exact) mass is 345 g/mol. The first-order valence-corrected chi connectivity index (χ1v) is 10.5. The van der Waals surface area contributed by atoms with E-state index in [-0.39, 0.29) is 17.9 Å². The maximum atomic E-state index is 12.3. The molecule has 128 valence electrons. The molecule has 0 unspecified atom stereocenters. The number of nitrogens with zero attached hydrogens (tertiary/aromatic N) is 1. The van der Waals surface area contributed by atoms with Crippen molar-refractivity contribution in [3.63, 3.8) is 0 Å². The summed E-state index contributed by atoms with van der Waals surface area (Å²) < 4.78 is 57.9. The van der Waals surface area contributed by atoms with Crippen LogP contribution in [0.2, 0.25) is 0 Å². The first-order valence-electron chi connectivity index (χ1n) is 6.86. The average molecular weight is 345 g/mol. The molecule has 0 aromatic rings. The molecule has 0 aromatic carbocycles. The lowest BCUT2D eigenvalue weighted by Crippen LogP contribution is -2.36. The Balaban J connectivity index is 4.52. The van der Waals surface area contributed by atoms with Crippen LogP contribution in [0.3, 0.4) is 0 Å². The van der Waals surface area contributed by atoms with E-state index in [2.05, 4.69) is 0 Å². The molecule has 0 aliphatic carbocycles. The molecule has 0 N–H and O–H groups in total. The van der Waals surface area contributed by atoms with Gasteiger partial charge in [0.25, 0.3) is 0 Å². The van der Waals surface area contributed by atoms with Crippen LogP contribution in [-0.4, -0.2) is 79.4 Å². The summed E-state index contributed by atoms with van der Waals surface area (Å²) in [6, 6.07) is 0. The van der Waals surface area contributed by atoms with Crippen LogP contribution in [0.5, 0.6) is 0 Å².